The molecule has 0 aliphatic heterocycles. The molecule has 0 aliphatic rings. The summed E-state index contributed by atoms with van der Waals surface area (Å²) in [4.78, 5) is 13.5. The summed E-state index contributed by atoms with van der Waals surface area (Å²) in [5, 5.41) is 3.16. The largest absolute Gasteiger partial charge is 0.376 e. The second kappa shape index (κ2) is 5.71. The molecule has 0 fully saturated rings. The van der Waals surface area contributed by atoms with Crippen LogP contribution in [0.25, 0.3) is 0 Å². The van der Waals surface area contributed by atoms with Crippen molar-refractivity contribution in [2.45, 2.75) is 33.7 Å². The number of amides is 1. The maximum Gasteiger partial charge on any atom is 0.241 e. The molecule has 1 aromatic carbocycles. The van der Waals surface area contributed by atoms with Crippen molar-refractivity contribution < 1.29 is 4.79 Å². The summed E-state index contributed by atoms with van der Waals surface area (Å²) < 4.78 is 0. The Hall–Kier alpha value is -1.51. The molecule has 3 nitrogen and oxygen atoms in total. The van der Waals surface area contributed by atoms with Crippen molar-refractivity contribution in [1.82, 2.24) is 4.90 Å². The van der Waals surface area contributed by atoms with E-state index < -0.39 is 0 Å². The number of carbonyl (C=O) groups excluding carboxylic acids is 1. The molecule has 17 heavy (non-hydrogen) atoms. The summed E-state index contributed by atoms with van der Waals surface area (Å²) in [6.07, 6.45) is 0. The predicted octanol–water partition coefficient (Wildman–Crippen LogP) is 2.58. The number of benzene rings is 1. The summed E-state index contributed by atoms with van der Waals surface area (Å²) >= 11 is 0. The van der Waals surface area contributed by atoms with Crippen molar-refractivity contribution in [3.8, 4) is 0 Å². The molecular formula is C14H22N2O. The van der Waals surface area contributed by atoms with Crippen LogP contribution in [-0.4, -0.2) is 30.4 Å². The monoisotopic (exact) mass is 234 g/mol. The molecule has 1 N–H and O–H groups in total. The normalized spacial score (nSPS) is 10.5. The molecule has 0 atom stereocenters. The van der Waals surface area contributed by atoms with E-state index in [1.54, 1.807) is 4.90 Å². The molecule has 1 amide bonds. The second-order valence-electron chi connectivity index (χ2n) is 4.75. The topological polar surface area (TPSA) is 32.3 Å². The summed E-state index contributed by atoms with van der Waals surface area (Å²) in [6, 6.07) is 6.38. The van der Waals surface area contributed by atoms with Gasteiger partial charge in [0, 0.05) is 18.8 Å². The van der Waals surface area contributed by atoms with E-state index in [1.165, 1.54) is 11.1 Å². The van der Waals surface area contributed by atoms with Gasteiger partial charge in [-0.15, -0.1) is 0 Å². The van der Waals surface area contributed by atoms with Crippen LogP contribution in [0.4, 0.5) is 5.69 Å². The van der Waals surface area contributed by atoms with Crippen molar-refractivity contribution in [3.63, 3.8) is 0 Å². The highest BCUT2D eigenvalue weighted by Gasteiger charge is 2.11. The van der Waals surface area contributed by atoms with E-state index in [9.17, 15) is 4.79 Å². The minimum atomic E-state index is 0.109. The van der Waals surface area contributed by atoms with Gasteiger partial charge in [-0.25, -0.2) is 0 Å². The van der Waals surface area contributed by atoms with Gasteiger partial charge in [0.1, 0.15) is 0 Å². The molecule has 3 heteroatoms. The van der Waals surface area contributed by atoms with Crippen molar-refractivity contribution in [3.05, 3.63) is 29.3 Å². The lowest BCUT2D eigenvalue weighted by atomic mass is 10.1. The highest BCUT2D eigenvalue weighted by molar-refractivity contribution is 5.80. The van der Waals surface area contributed by atoms with Gasteiger partial charge in [0.05, 0.1) is 6.54 Å². The number of nitrogens with zero attached hydrogens (tertiary/aromatic N) is 1. The third-order valence-electron chi connectivity index (χ3n) is 3.12. The van der Waals surface area contributed by atoms with E-state index in [0.717, 1.165) is 5.69 Å². The number of anilines is 1. The average Bonchev–Trinajstić information content (AvgIpc) is 2.29. The lowest BCUT2D eigenvalue weighted by Crippen LogP contribution is -2.37. The lowest BCUT2D eigenvalue weighted by Gasteiger charge is -2.21. The Morgan fingerprint density at radius 3 is 2.47 bits per heavy atom. The summed E-state index contributed by atoms with van der Waals surface area (Å²) in [5.41, 5.74) is 3.50. The molecule has 0 aliphatic carbocycles. The van der Waals surface area contributed by atoms with Crippen LogP contribution in [0.3, 0.4) is 0 Å². The summed E-state index contributed by atoms with van der Waals surface area (Å²) in [6.45, 7) is 8.51. The fourth-order valence-electron chi connectivity index (χ4n) is 1.44. The van der Waals surface area contributed by atoms with Gasteiger partial charge < -0.3 is 10.2 Å². The summed E-state index contributed by atoms with van der Waals surface area (Å²) in [7, 11) is 1.83. The van der Waals surface area contributed by atoms with E-state index in [-0.39, 0.29) is 11.9 Å². The molecule has 0 heterocycles. The van der Waals surface area contributed by atoms with Gasteiger partial charge in [-0.1, -0.05) is 6.07 Å². The van der Waals surface area contributed by atoms with Crippen LogP contribution in [0.15, 0.2) is 18.2 Å². The van der Waals surface area contributed by atoms with Crippen molar-refractivity contribution >= 4 is 11.6 Å². The maximum atomic E-state index is 11.8. The molecular weight excluding hydrogens is 212 g/mol. The first-order chi connectivity index (χ1) is 7.91. The average molecular weight is 234 g/mol. The van der Waals surface area contributed by atoms with Crippen LogP contribution < -0.4 is 5.32 Å². The fraction of sp³-hybridized carbons (Fsp3) is 0.500. The number of nitrogens with one attached hydrogen (secondary N) is 1. The summed E-state index contributed by atoms with van der Waals surface area (Å²) in [5.74, 6) is 0.109. The van der Waals surface area contributed by atoms with Crippen molar-refractivity contribution in [1.29, 1.82) is 0 Å². The van der Waals surface area contributed by atoms with E-state index in [4.69, 9.17) is 0 Å². The van der Waals surface area contributed by atoms with Crippen LogP contribution in [0.5, 0.6) is 0 Å². The zero-order valence-electron chi connectivity index (χ0n) is 11.4. The van der Waals surface area contributed by atoms with Crippen LogP contribution in [-0.2, 0) is 4.79 Å². The van der Waals surface area contributed by atoms with E-state index >= 15 is 0 Å². The minimum Gasteiger partial charge on any atom is -0.376 e. The molecule has 1 rings (SSSR count). The Morgan fingerprint density at radius 2 is 1.94 bits per heavy atom. The first kappa shape index (κ1) is 13.6. The highest BCUT2D eigenvalue weighted by Crippen LogP contribution is 2.13. The van der Waals surface area contributed by atoms with Crippen LogP contribution in [0.1, 0.15) is 25.0 Å². The van der Waals surface area contributed by atoms with Gasteiger partial charge in [-0.3, -0.25) is 4.79 Å². The number of likely N-dealkylation sites (N-methyl/N-ethyl adjacent to an activating group) is 1. The van der Waals surface area contributed by atoms with E-state index in [2.05, 4.69) is 31.3 Å². The quantitative estimate of drug-likeness (QED) is 0.868. The Morgan fingerprint density at radius 1 is 1.29 bits per heavy atom. The van der Waals surface area contributed by atoms with Gasteiger partial charge in [0.25, 0.3) is 0 Å². The van der Waals surface area contributed by atoms with Crippen molar-refractivity contribution in [2.24, 2.45) is 0 Å². The van der Waals surface area contributed by atoms with Gasteiger partial charge in [0.2, 0.25) is 5.91 Å². The van der Waals surface area contributed by atoms with Crippen LogP contribution in [0, 0.1) is 13.8 Å². The van der Waals surface area contributed by atoms with Crippen LogP contribution >= 0.6 is 0 Å². The molecule has 0 spiro atoms. The minimum absolute atomic E-state index is 0.109. The van der Waals surface area contributed by atoms with E-state index in [0.29, 0.717) is 6.54 Å². The van der Waals surface area contributed by atoms with Gasteiger partial charge in [0.15, 0.2) is 0 Å². The van der Waals surface area contributed by atoms with Gasteiger partial charge in [-0.2, -0.15) is 0 Å². The van der Waals surface area contributed by atoms with Gasteiger partial charge >= 0.3 is 0 Å². The number of aryl methyl sites for hydroxylation is 2. The molecule has 0 saturated carbocycles. The highest BCUT2D eigenvalue weighted by atomic mass is 16.2. The van der Waals surface area contributed by atoms with Gasteiger partial charge in [-0.05, 0) is 51.0 Å². The third kappa shape index (κ3) is 3.77. The number of hydrogen-bond acceptors (Lipinski definition) is 2. The number of hydrogen-bond donors (Lipinski definition) is 1. The lowest BCUT2D eigenvalue weighted by molar-refractivity contribution is -0.129. The molecule has 0 bridgehead atoms. The standard InChI is InChI=1S/C14H22N2O/c1-10(2)16(5)14(17)9-15-13-7-6-11(3)12(4)8-13/h6-8,10,15H,9H2,1-5H3. The molecule has 94 valence electrons. The molecule has 0 saturated heterocycles. The maximum absolute atomic E-state index is 11.8. The zero-order chi connectivity index (χ0) is 13.0. The second-order valence-corrected chi connectivity index (χ2v) is 4.75. The van der Waals surface area contributed by atoms with Crippen molar-refractivity contribution in [2.75, 3.05) is 18.9 Å². The first-order valence-corrected chi connectivity index (χ1v) is 5.98. The Kier molecular flexibility index (Phi) is 4.55. The molecule has 0 radical (unpaired) electrons. The zero-order valence-corrected chi connectivity index (χ0v) is 11.4. The Labute approximate surface area is 104 Å². The SMILES string of the molecule is Cc1ccc(NCC(=O)N(C)C(C)C)cc1C. The predicted molar refractivity (Wildman–Crippen MR) is 72.3 cm³/mol. The Bertz CT molecular complexity index is 399. The smallest absolute Gasteiger partial charge is 0.241 e. The molecule has 0 aromatic heterocycles. The molecule has 1 aromatic rings. The third-order valence-corrected chi connectivity index (χ3v) is 3.12. The van der Waals surface area contributed by atoms with E-state index in [1.807, 2.05) is 27.0 Å². The number of rotatable bonds is 4. The van der Waals surface area contributed by atoms with Crippen LogP contribution in [0.2, 0.25) is 0 Å². The fourth-order valence-corrected chi connectivity index (χ4v) is 1.44. The molecule has 0 unspecified atom stereocenters. The first-order valence-electron chi connectivity index (χ1n) is 5.98. The Balaban J connectivity index is 2.56. The number of carbonyl (C=O) groups is 1.